The summed E-state index contributed by atoms with van der Waals surface area (Å²) >= 11 is 12.0. The maximum absolute atomic E-state index is 6.02. The van der Waals surface area contributed by atoms with E-state index in [-0.39, 0.29) is 0 Å². The maximum atomic E-state index is 6.02. The Labute approximate surface area is 92.9 Å². The average molecular weight is 236 g/mol. The molecule has 1 rings (SSSR count). The molecule has 0 aliphatic rings. The number of benzene rings is 1. The highest BCUT2D eigenvalue weighted by atomic mass is 35.5. The number of anilines is 1. The third kappa shape index (κ3) is 1.83. The summed E-state index contributed by atoms with van der Waals surface area (Å²) in [6, 6.07) is 1.64. The van der Waals surface area contributed by atoms with Gasteiger partial charge < -0.3 is 14.8 Å². The molecule has 0 fully saturated rings. The topological polar surface area (TPSA) is 30.5 Å². The first-order valence-electron chi connectivity index (χ1n) is 3.93. The Morgan fingerprint density at radius 3 is 1.79 bits per heavy atom. The SMILES string of the molecule is CNc1c(Cl)c(OC)cc(OC)c1Cl. The molecule has 0 amide bonds. The van der Waals surface area contributed by atoms with Crippen LogP contribution in [0.2, 0.25) is 10.0 Å². The molecule has 0 aromatic heterocycles. The molecular formula is C9H11Cl2NO2. The highest BCUT2D eigenvalue weighted by molar-refractivity contribution is 6.41. The van der Waals surface area contributed by atoms with E-state index in [0.717, 1.165) is 0 Å². The van der Waals surface area contributed by atoms with Gasteiger partial charge in [-0.3, -0.25) is 0 Å². The Morgan fingerprint density at radius 2 is 1.50 bits per heavy atom. The van der Waals surface area contributed by atoms with Crippen molar-refractivity contribution in [3.63, 3.8) is 0 Å². The van der Waals surface area contributed by atoms with Gasteiger partial charge in [0.15, 0.2) is 0 Å². The molecule has 0 bridgehead atoms. The van der Waals surface area contributed by atoms with E-state index in [1.165, 1.54) is 14.2 Å². The highest BCUT2D eigenvalue weighted by Gasteiger charge is 2.15. The zero-order chi connectivity index (χ0) is 10.7. The molecule has 0 saturated carbocycles. The van der Waals surface area contributed by atoms with Crippen molar-refractivity contribution in [2.45, 2.75) is 0 Å². The Kier molecular flexibility index (Phi) is 3.72. The molecule has 0 aliphatic carbocycles. The monoisotopic (exact) mass is 235 g/mol. The van der Waals surface area contributed by atoms with Gasteiger partial charge in [0.2, 0.25) is 0 Å². The number of hydrogen-bond donors (Lipinski definition) is 1. The lowest BCUT2D eigenvalue weighted by Gasteiger charge is -2.13. The standard InChI is InChI=1S/C9H11Cl2NO2/c1-12-9-7(10)5(13-2)4-6(14-3)8(9)11/h4,12H,1-3H3. The number of hydrogen-bond acceptors (Lipinski definition) is 3. The zero-order valence-corrected chi connectivity index (χ0v) is 9.66. The smallest absolute Gasteiger partial charge is 0.143 e. The molecule has 1 aromatic carbocycles. The van der Waals surface area contributed by atoms with E-state index in [1.807, 2.05) is 0 Å². The van der Waals surface area contributed by atoms with Crippen molar-refractivity contribution in [3.05, 3.63) is 16.1 Å². The largest absolute Gasteiger partial charge is 0.495 e. The molecule has 0 spiro atoms. The van der Waals surface area contributed by atoms with Gasteiger partial charge in [-0.1, -0.05) is 23.2 Å². The van der Waals surface area contributed by atoms with E-state index < -0.39 is 0 Å². The van der Waals surface area contributed by atoms with Crippen LogP contribution in [0.15, 0.2) is 6.07 Å². The molecule has 1 aromatic rings. The lowest BCUT2D eigenvalue weighted by molar-refractivity contribution is 0.395. The van der Waals surface area contributed by atoms with Gasteiger partial charge in [0, 0.05) is 13.1 Å². The summed E-state index contributed by atoms with van der Waals surface area (Å²) in [5.74, 6) is 1.05. The van der Waals surface area contributed by atoms with Crippen molar-refractivity contribution in [1.82, 2.24) is 0 Å². The van der Waals surface area contributed by atoms with E-state index in [9.17, 15) is 0 Å². The number of nitrogens with one attached hydrogen (secondary N) is 1. The van der Waals surface area contributed by atoms with Gasteiger partial charge in [-0.25, -0.2) is 0 Å². The minimum atomic E-state index is 0.445. The van der Waals surface area contributed by atoms with Crippen LogP contribution in [0.4, 0.5) is 5.69 Å². The number of methoxy groups -OCH3 is 2. The second-order valence-corrected chi connectivity index (χ2v) is 3.29. The van der Waals surface area contributed by atoms with Crippen LogP contribution in [0.1, 0.15) is 0 Å². The van der Waals surface area contributed by atoms with E-state index >= 15 is 0 Å². The Hall–Kier alpha value is -0.800. The maximum Gasteiger partial charge on any atom is 0.143 e. The fraction of sp³-hybridized carbons (Fsp3) is 0.333. The second kappa shape index (κ2) is 4.62. The molecule has 0 radical (unpaired) electrons. The predicted octanol–water partition coefficient (Wildman–Crippen LogP) is 3.05. The zero-order valence-electron chi connectivity index (χ0n) is 8.15. The Balaban J connectivity index is 3.39. The molecule has 0 aliphatic heterocycles. The van der Waals surface area contributed by atoms with Crippen LogP contribution in [0.5, 0.6) is 11.5 Å². The lowest BCUT2D eigenvalue weighted by atomic mass is 10.2. The average Bonchev–Trinajstić information content (AvgIpc) is 2.19. The minimum Gasteiger partial charge on any atom is -0.495 e. The Bertz CT molecular complexity index is 314. The van der Waals surface area contributed by atoms with Crippen LogP contribution in [-0.2, 0) is 0 Å². The van der Waals surface area contributed by atoms with Gasteiger partial charge in [-0.2, -0.15) is 0 Å². The molecule has 0 unspecified atom stereocenters. The molecular weight excluding hydrogens is 225 g/mol. The summed E-state index contributed by atoms with van der Waals surface area (Å²) in [6.45, 7) is 0. The quantitative estimate of drug-likeness (QED) is 0.874. The molecule has 78 valence electrons. The summed E-state index contributed by atoms with van der Waals surface area (Å²) in [4.78, 5) is 0. The first-order chi connectivity index (χ1) is 6.65. The van der Waals surface area contributed by atoms with Crippen LogP contribution in [0, 0.1) is 0 Å². The van der Waals surface area contributed by atoms with Crippen molar-refractivity contribution in [1.29, 1.82) is 0 Å². The normalized spacial score (nSPS) is 9.79. The summed E-state index contributed by atoms with van der Waals surface area (Å²) in [7, 11) is 4.80. The van der Waals surface area contributed by atoms with Crippen LogP contribution >= 0.6 is 23.2 Å². The van der Waals surface area contributed by atoms with Crippen LogP contribution in [0.25, 0.3) is 0 Å². The van der Waals surface area contributed by atoms with E-state index in [2.05, 4.69) is 5.32 Å². The van der Waals surface area contributed by atoms with Gasteiger partial charge in [0.05, 0.1) is 19.9 Å². The van der Waals surface area contributed by atoms with Gasteiger partial charge in [0.25, 0.3) is 0 Å². The van der Waals surface area contributed by atoms with Gasteiger partial charge in [-0.15, -0.1) is 0 Å². The molecule has 3 nitrogen and oxygen atoms in total. The molecule has 0 atom stereocenters. The van der Waals surface area contributed by atoms with Crippen molar-refractivity contribution < 1.29 is 9.47 Å². The van der Waals surface area contributed by atoms with Crippen LogP contribution in [-0.4, -0.2) is 21.3 Å². The fourth-order valence-electron chi connectivity index (χ4n) is 1.11. The lowest BCUT2D eigenvalue weighted by Crippen LogP contribution is -1.96. The first kappa shape index (κ1) is 11.3. The molecule has 14 heavy (non-hydrogen) atoms. The number of ether oxygens (including phenoxy) is 2. The van der Waals surface area contributed by atoms with E-state index in [0.29, 0.717) is 27.2 Å². The summed E-state index contributed by atoms with van der Waals surface area (Å²) in [6.07, 6.45) is 0. The van der Waals surface area contributed by atoms with E-state index in [1.54, 1.807) is 13.1 Å². The summed E-state index contributed by atoms with van der Waals surface area (Å²) in [5.41, 5.74) is 0.601. The highest BCUT2D eigenvalue weighted by Crippen LogP contribution is 2.43. The molecule has 1 N–H and O–H groups in total. The van der Waals surface area contributed by atoms with Crippen molar-refractivity contribution in [2.75, 3.05) is 26.6 Å². The van der Waals surface area contributed by atoms with Crippen molar-refractivity contribution in [2.24, 2.45) is 0 Å². The number of halogens is 2. The summed E-state index contributed by atoms with van der Waals surface area (Å²) in [5, 5.41) is 3.78. The summed E-state index contributed by atoms with van der Waals surface area (Å²) < 4.78 is 10.1. The van der Waals surface area contributed by atoms with Gasteiger partial charge >= 0.3 is 0 Å². The van der Waals surface area contributed by atoms with E-state index in [4.69, 9.17) is 32.7 Å². The Morgan fingerprint density at radius 1 is 1.07 bits per heavy atom. The number of rotatable bonds is 3. The third-order valence-electron chi connectivity index (χ3n) is 1.82. The molecule has 5 heteroatoms. The minimum absolute atomic E-state index is 0.445. The van der Waals surface area contributed by atoms with Gasteiger partial charge in [0.1, 0.15) is 21.5 Å². The van der Waals surface area contributed by atoms with Gasteiger partial charge in [-0.05, 0) is 0 Å². The third-order valence-corrected chi connectivity index (χ3v) is 2.57. The molecule has 0 saturated heterocycles. The first-order valence-corrected chi connectivity index (χ1v) is 4.69. The van der Waals surface area contributed by atoms with Crippen molar-refractivity contribution in [3.8, 4) is 11.5 Å². The van der Waals surface area contributed by atoms with Crippen LogP contribution in [0.3, 0.4) is 0 Å². The predicted molar refractivity (Wildman–Crippen MR) is 59.1 cm³/mol. The molecule has 0 heterocycles. The van der Waals surface area contributed by atoms with Crippen LogP contribution < -0.4 is 14.8 Å². The van der Waals surface area contributed by atoms with Crippen molar-refractivity contribution >= 4 is 28.9 Å². The second-order valence-electron chi connectivity index (χ2n) is 2.53. The fourth-order valence-corrected chi connectivity index (χ4v) is 1.79.